The molecule has 0 bridgehead atoms. The second-order valence-corrected chi connectivity index (χ2v) is 4.07. The van der Waals surface area contributed by atoms with Crippen LogP contribution in [0.15, 0.2) is 54.6 Å². The van der Waals surface area contributed by atoms with Gasteiger partial charge in [0.2, 0.25) is 0 Å². The van der Waals surface area contributed by atoms with Crippen molar-refractivity contribution < 1.29 is 9.84 Å². The third kappa shape index (κ3) is 4.50. The highest BCUT2D eigenvalue weighted by Gasteiger charge is 1.95. The summed E-state index contributed by atoms with van der Waals surface area (Å²) in [6, 6.07) is 17.7. The molecule has 0 aromatic heterocycles. The van der Waals surface area contributed by atoms with E-state index in [1.54, 1.807) is 0 Å². The summed E-state index contributed by atoms with van der Waals surface area (Å²) < 4.78 is 5.66. The quantitative estimate of drug-likeness (QED) is 0.848. The molecule has 0 saturated carbocycles. The van der Waals surface area contributed by atoms with Crippen LogP contribution in [0, 0.1) is 11.8 Å². The molecule has 0 unspecified atom stereocenters. The van der Waals surface area contributed by atoms with Gasteiger partial charge >= 0.3 is 0 Å². The van der Waals surface area contributed by atoms with Crippen molar-refractivity contribution in [3.05, 3.63) is 65.7 Å². The lowest BCUT2D eigenvalue weighted by Crippen LogP contribution is -1.94. The summed E-state index contributed by atoms with van der Waals surface area (Å²) in [7, 11) is 0. The van der Waals surface area contributed by atoms with Gasteiger partial charge in [-0.15, -0.1) is 0 Å². The van der Waals surface area contributed by atoms with Crippen LogP contribution in [-0.2, 0) is 6.61 Å². The highest BCUT2D eigenvalue weighted by Crippen LogP contribution is 2.12. The topological polar surface area (TPSA) is 29.5 Å². The van der Waals surface area contributed by atoms with Crippen molar-refractivity contribution in [2.75, 3.05) is 6.61 Å². The normalized spacial score (nSPS) is 9.53. The smallest absolute Gasteiger partial charge is 0.119 e. The minimum absolute atomic E-state index is 0.107. The number of ether oxygens (including phenoxy) is 1. The van der Waals surface area contributed by atoms with Gasteiger partial charge in [-0.2, -0.15) is 0 Å². The maximum Gasteiger partial charge on any atom is 0.119 e. The zero-order valence-corrected chi connectivity index (χ0v) is 10.7. The number of aliphatic hydroxyl groups is 1. The molecule has 0 fully saturated rings. The fraction of sp³-hybridized carbons (Fsp3) is 0.176. The maximum absolute atomic E-state index is 8.65. The van der Waals surface area contributed by atoms with Crippen molar-refractivity contribution in [3.8, 4) is 17.6 Å². The fourth-order valence-corrected chi connectivity index (χ4v) is 1.59. The fourth-order valence-electron chi connectivity index (χ4n) is 1.59. The molecular weight excluding hydrogens is 236 g/mol. The van der Waals surface area contributed by atoms with Crippen molar-refractivity contribution in [1.29, 1.82) is 0 Å². The van der Waals surface area contributed by atoms with Crippen molar-refractivity contribution >= 4 is 0 Å². The van der Waals surface area contributed by atoms with Gasteiger partial charge in [0.05, 0.1) is 6.61 Å². The first-order valence-electron chi connectivity index (χ1n) is 6.25. The van der Waals surface area contributed by atoms with Gasteiger partial charge in [-0.1, -0.05) is 42.2 Å². The molecule has 2 aromatic rings. The Morgan fingerprint density at radius 2 is 1.68 bits per heavy atom. The van der Waals surface area contributed by atoms with E-state index in [-0.39, 0.29) is 6.61 Å². The van der Waals surface area contributed by atoms with E-state index in [4.69, 9.17) is 9.84 Å². The number of hydrogen-bond donors (Lipinski definition) is 1. The molecule has 2 aromatic carbocycles. The third-order valence-corrected chi connectivity index (χ3v) is 2.57. The van der Waals surface area contributed by atoms with Gasteiger partial charge in [0, 0.05) is 12.0 Å². The zero-order chi connectivity index (χ0) is 13.3. The monoisotopic (exact) mass is 252 g/mol. The van der Waals surface area contributed by atoms with Crippen LogP contribution in [-0.4, -0.2) is 11.7 Å². The van der Waals surface area contributed by atoms with E-state index in [0.29, 0.717) is 13.0 Å². The molecule has 2 nitrogen and oxygen atoms in total. The molecule has 2 heteroatoms. The molecule has 0 amide bonds. The summed E-state index contributed by atoms with van der Waals surface area (Å²) in [6.07, 6.45) is 0.513. The molecule has 2 rings (SSSR count). The Hall–Kier alpha value is -2.24. The first kappa shape index (κ1) is 13.2. The van der Waals surface area contributed by atoms with Gasteiger partial charge < -0.3 is 9.84 Å². The minimum Gasteiger partial charge on any atom is -0.489 e. The van der Waals surface area contributed by atoms with Crippen molar-refractivity contribution in [1.82, 2.24) is 0 Å². The Balaban J connectivity index is 1.91. The SMILES string of the molecule is OCCC#Cc1ccc(COc2ccccc2)cc1. The van der Waals surface area contributed by atoms with E-state index in [2.05, 4.69) is 11.8 Å². The van der Waals surface area contributed by atoms with Crippen LogP contribution in [0.4, 0.5) is 0 Å². The van der Waals surface area contributed by atoms with Crippen LogP contribution in [0.1, 0.15) is 17.5 Å². The van der Waals surface area contributed by atoms with E-state index in [9.17, 15) is 0 Å². The molecule has 1 N–H and O–H groups in total. The van der Waals surface area contributed by atoms with Crippen LogP contribution in [0.5, 0.6) is 5.75 Å². The van der Waals surface area contributed by atoms with Gasteiger partial charge in [0.25, 0.3) is 0 Å². The number of hydrogen-bond acceptors (Lipinski definition) is 2. The molecule has 0 saturated heterocycles. The van der Waals surface area contributed by atoms with Gasteiger partial charge in [-0.25, -0.2) is 0 Å². The van der Waals surface area contributed by atoms with Gasteiger partial charge in [0.1, 0.15) is 12.4 Å². The Morgan fingerprint density at radius 1 is 0.947 bits per heavy atom. The average molecular weight is 252 g/mol. The standard InChI is InChI=1S/C17H16O2/c18-13-5-4-6-15-9-11-16(12-10-15)14-19-17-7-2-1-3-8-17/h1-3,7-12,18H,5,13-14H2. The third-order valence-electron chi connectivity index (χ3n) is 2.57. The summed E-state index contributed by atoms with van der Waals surface area (Å²) in [5.74, 6) is 6.76. The lowest BCUT2D eigenvalue weighted by molar-refractivity contribution is 0.305. The minimum atomic E-state index is 0.107. The second-order valence-electron chi connectivity index (χ2n) is 4.07. The first-order valence-corrected chi connectivity index (χ1v) is 6.25. The zero-order valence-electron chi connectivity index (χ0n) is 10.7. The van der Waals surface area contributed by atoms with E-state index >= 15 is 0 Å². The second kappa shape index (κ2) is 7.25. The molecule has 0 atom stereocenters. The van der Waals surface area contributed by atoms with Crippen LogP contribution >= 0.6 is 0 Å². The summed E-state index contributed by atoms with van der Waals surface area (Å²) in [6.45, 7) is 0.657. The van der Waals surface area contributed by atoms with E-state index in [1.807, 2.05) is 54.6 Å². The molecule has 0 radical (unpaired) electrons. The highest BCUT2D eigenvalue weighted by molar-refractivity contribution is 5.36. The van der Waals surface area contributed by atoms with E-state index in [0.717, 1.165) is 16.9 Å². The summed E-state index contributed by atoms with van der Waals surface area (Å²) in [5.41, 5.74) is 2.06. The van der Waals surface area contributed by atoms with Gasteiger partial charge in [-0.05, 0) is 29.8 Å². The molecule has 96 valence electrons. The Bertz CT molecular complexity index is 547. The maximum atomic E-state index is 8.65. The van der Waals surface area contributed by atoms with Gasteiger partial charge in [0.15, 0.2) is 0 Å². The Kier molecular flexibility index (Phi) is 5.04. The molecule has 0 aliphatic heterocycles. The van der Waals surface area contributed by atoms with Gasteiger partial charge in [-0.3, -0.25) is 0 Å². The molecule has 0 heterocycles. The van der Waals surface area contributed by atoms with E-state index < -0.39 is 0 Å². The summed E-state index contributed by atoms with van der Waals surface area (Å²) in [4.78, 5) is 0. The number of para-hydroxylation sites is 1. The number of rotatable bonds is 4. The molecule has 0 aliphatic rings. The first-order chi connectivity index (χ1) is 9.38. The predicted octanol–water partition coefficient (Wildman–Crippen LogP) is 3.00. The molecule has 0 aliphatic carbocycles. The molecule has 19 heavy (non-hydrogen) atoms. The number of aliphatic hydroxyl groups excluding tert-OH is 1. The Labute approximate surface area is 113 Å². The number of benzene rings is 2. The molecule has 0 spiro atoms. The van der Waals surface area contributed by atoms with Crippen LogP contribution < -0.4 is 4.74 Å². The van der Waals surface area contributed by atoms with Crippen molar-refractivity contribution in [2.24, 2.45) is 0 Å². The average Bonchev–Trinajstić information content (AvgIpc) is 2.48. The van der Waals surface area contributed by atoms with Crippen molar-refractivity contribution in [2.45, 2.75) is 13.0 Å². The highest BCUT2D eigenvalue weighted by atomic mass is 16.5. The predicted molar refractivity (Wildman–Crippen MR) is 75.8 cm³/mol. The van der Waals surface area contributed by atoms with Crippen LogP contribution in [0.2, 0.25) is 0 Å². The lowest BCUT2D eigenvalue weighted by Gasteiger charge is -2.05. The van der Waals surface area contributed by atoms with Crippen LogP contribution in [0.3, 0.4) is 0 Å². The van der Waals surface area contributed by atoms with Crippen LogP contribution in [0.25, 0.3) is 0 Å². The largest absolute Gasteiger partial charge is 0.489 e. The summed E-state index contributed by atoms with van der Waals surface area (Å²) >= 11 is 0. The molecular formula is C17H16O2. The van der Waals surface area contributed by atoms with Crippen molar-refractivity contribution in [3.63, 3.8) is 0 Å². The lowest BCUT2D eigenvalue weighted by atomic mass is 10.1. The van der Waals surface area contributed by atoms with E-state index in [1.165, 1.54) is 0 Å². The Morgan fingerprint density at radius 3 is 2.37 bits per heavy atom. The summed E-state index contributed by atoms with van der Waals surface area (Å²) in [5, 5.41) is 8.65.